The number of aryl methyl sites for hydroxylation is 1. The topological polar surface area (TPSA) is 29.1 Å². The van der Waals surface area contributed by atoms with Gasteiger partial charge in [-0.1, -0.05) is 32.4 Å². The molecule has 0 fully saturated rings. The minimum atomic E-state index is 0.0801. The Hall–Kier alpha value is -1.31. The summed E-state index contributed by atoms with van der Waals surface area (Å²) in [7, 11) is 0. The molecule has 1 aromatic rings. The van der Waals surface area contributed by atoms with Crippen molar-refractivity contribution in [3.63, 3.8) is 0 Å². The Morgan fingerprint density at radius 3 is 2.80 bits per heavy atom. The highest BCUT2D eigenvalue weighted by Gasteiger charge is 2.29. The zero-order valence-electron chi connectivity index (χ0n) is 9.34. The molecule has 15 heavy (non-hydrogen) atoms. The van der Waals surface area contributed by atoms with Gasteiger partial charge < -0.3 is 5.32 Å². The lowest BCUT2D eigenvalue weighted by atomic mass is 9.94. The van der Waals surface area contributed by atoms with Crippen molar-refractivity contribution in [2.75, 3.05) is 5.32 Å². The molecule has 1 aliphatic rings. The molecule has 1 aliphatic heterocycles. The van der Waals surface area contributed by atoms with E-state index in [1.165, 1.54) is 11.1 Å². The summed E-state index contributed by atoms with van der Waals surface area (Å²) < 4.78 is 0. The van der Waals surface area contributed by atoms with Crippen LogP contribution >= 0.6 is 0 Å². The molecule has 1 aromatic carbocycles. The molecule has 0 saturated heterocycles. The van der Waals surface area contributed by atoms with Gasteiger partial charge in [0.15, 0.2) is 0 Å². The van der Waals surface area contributed by atoms with Crippen molar-refractivity contribution in [2.45, 2.75) is 39.0 Å². The largest absolute Gasteiger partial charge is 0.325 e. The number of fused-ring (bicyclic) bond motifs is 1. The van der Waals surface area contributed by atoms with E-state index in [4.69, 9.17) is 0 Å². The molecule has 0 aliphatic carbocycles. The van der Waals surface area contributed by atoms with Crippen LogP contribution in [0.25, 0.3) is 0 Å². The molecule has 1 atom stereocenters. The van der Waals surface area contributed by atoms with Crippen molar-refractivity contribution in [1.29, 1.82) is 0 Å². The van der Waals surface area contributed by atoms with Gasteiger partial charge in [-0.25, -0.2) is 0 Å². The molecule has 1 unspecified atom stereocenters. The number of benzene rings is 1. The Labute approximate surface area is 90.7 Å². The van der Waals surface area contributed by atoms with Gasteiger partial charge in [0.2, 0.25) is 5.91 Å². The summed E-state index contributed by atoms with van der Waals surface area (Å²) in [5.41, 5.74) is 3.52. The van der Waals surface area contributed by atoms with Gasteiger partial charge in [-0.15, -0.1) is 0 Å². The number of rotatable bonds is 3. The molecular weight excluding hydrogens is 186 g/mol. The number of carbonyl (C=O) groups excluding carboxylic acids is 1. The maximum atomic E-state index is 11.7. The summed E-state index contributed by atoms with van der Waals surface area (Å²) >= 11 is 0. The minimum absolute atomic E-state index is 0.0801. The standard InChI is InChI=1S/C13H17NO/c1-3-5-10-11-8-9(4-2)6-7-12(11)14-13(10)15/h6-8,10H,3-5H2,1-2H3,(H,14,15). The predicted molar refractivity (Wildman–Crippen MR) is 62.1 cm³/mol. The molecule has 0 radical (unpaired) electrons. The van der Waals surface area contributed by atoms with Crippen LogP contribution in [0.5, 0.6) is 0 Å². The first-order valence-electron chi connectivity index (χ1n) is 5.70. The van der Waals surface area contributed by atoms with E-state index in [9.17, 15) is 4.79 Å². The number of carbonyl (C=O) groups is 1. The van der Waals surface area contributed by atoms with Crippen LogP contribution in [0.4, 0.5) is 5.69 Å². The van der Waals surface area contributed by atoms with Gasteiger partial charge in [0.1, 0.15) is 0 Å². The molecule has 0 bridgehead atoms. The maximum Gasteiger partial charge on any atom is 0.232 e. The smallest absolute Gasteiger partial charge is 0.232 e. The van der Waals surface area contributed by atoms with Crippen LogP contribution < -0.4 is 5.32 Å². The lowest BCUT2D eigenvalue weighted by molar-refractivity contribution is -0.117. The van der Waals surface area contributed by atoms with Crippen LogP contribution in [0, 0.1) is 0 Å². The first-order chi connectivity index (χ1) is 7.26. The molecular formula is C13H17NO. The molecule has 2 rings (SSSR count). The summed E-state index contributed by atoms with van der Waals surface area (Å²) in [6.45, 7) is 4.26. The molecule has 0 spiro atoms. The van der Waals surface area contributed by atoms with E-state index < -0.39 is 0 Å². The van der Waals surface area contributed by atoms with Gasteiger partial charge in [-0.05, 0) is 30.0 Å². The first-order valence-corrected chi connectivity index (χ1v) is 5.70. The Bertz CT molecular complexity index is 384. The first kappa shape index (κ1) is 10.2. The fraction of sp³-hybridized carbons (Fsp3) is 0.462. The van der Waals surface area contributed by atoms with E-state index in [1.54, 1.807) is 0 Å². The SMILES string of the molecule is CCCC1C(=O)Nc2ccc(CC)cc21. The highest BCUT2D eigenvalue weighted by molar-refractivity contribution is 6.02. The lowest BCUT2D eigenvalue weighted by Crippen LogP contribution is -2.11. The predicted octanol–water partition coefficient (Wildman–Crippen LogP) is 3.08. The average molecular weight is 203 g/mol. The van der Waals surface area contributed by atoms with Gasteiger partial charge in [0.05, 0.1) is 5.92 Å². The fourth-order valence-electron chi connectivity index (χ4n) is 2.17. The Morgan fingerprint density at radius 1 is 1.33 bits per heavy atom. The van der Waals surface area contributed by atoms with Gasteiger partial charge in [0, 0.05) is 5.69 Å². The van der Waals surface area contributed by atoms with Crippen molar-refractivity contribution in [3.05, 3.63) is 29.3 Å². The molecule has 1 heterocycles. The quantitative estimate of drug-likeness (QED) is 0.803. The van der Waals surface area contributed by atoms with Crippen molar-refractivity contribution in [3.8, 4) is 0 Å². The summed E-state index contributed by atoms with van der Waals surface area (Å²) in [6.07, 6.45) is 3.03. The summed E-state index contributed by atoms with van der Waals surface area (Å²) in [5.74, 6) is 0.247. The normalized spacial score (nSPS) is 18.8. The van der Waals surface area contributed by atoms with Crippen molar-refractivity contribution in [1.82, 2.24) is 0 Å². The Morgan fingerprint density at radius 2 is 2.13 bits per heavy atom. The third kappa shape index (κ3) is 1.76. The van der Waals surface area contributed by atoms with E-state index in [-0.39, 0.29) is 11.8 Å². The van der Waals surface area contributed by atoms with Crippen molar-refractivity contribution >= 4 is 11.6 Å². The Balaban J connectivity index is 2.37. The summed E-state index contributed by atoms with van der Waals surface area (Å²) in [6, 6.07) is 6.29. The molecule has 2 heteroatoms. The van der Waals surface area contributed by atoms with Crippen LogP contribution in [0.2, 0.25) is 0 Å². The van der Waals surface area contributed by atoms with Gasteiger partial charge in [0.25, 0.3) is 0 Å². The average Bonchev–Trinajstić information content (AvgIpc) is 2.55. The molecule has 1 N–H and O–H groups in total. The molecule has 1 amide bonds. The van der Waals surface area contributed by atoms with E-state index in [0.717, 1.165) is 24.9 Å². The van der Waals surface area contributed by atoms with Crippen molar-refractivity contribution < 1.29 is 4.79 Å². The van der Waals surface area contributed by atoms with Gasteiger partial charge >= 0.3 is 0 Å². The minimum Gasteiger partial charge on any atom is -0.325 e. The summed E-state index contributed by atoms with van der Waals surface area (Å²) in [5, 5.41) is 2.94. The molecule has 0 aromatic heterocycles. The third-order valence-electron chi connectivity index (χ3n) is 3.05. The highest BCUT2D eigenvalue weighted by Crippen LogP contribution is 2.35. The molecule has 80 valence electrons. The van der Waals surface area contributed by atoms with E-state index in [0.29, 0.717) is 0 Å². The van der Waals surface area contributed by atoms with Crippen LogP contribution in [-0.4, -0.2) is 5.91 Å². The van der Waals surface area contributed by atoms with E-state index >= 15 is 0 Å². The molecule has 0 saturated carbocycles. The second-order valence-electron chi connectivity index (χ2n) is 4.11. The number of hydrogen-bond acceptors (Lipinski definition) is 1. The van der Waals surface area contributed by atoms with Crippen LogP contribution in [0.15, 0.2) is 18.2 Å². The summed E-state index contributed by atoms with van der Waals surface area (Å²) in [4.78, 5) is 11.7. The Kier molecular flexibility index (Phi) is 2.76. The second-order valence-corrected chi connectivity index (χ2v) is 4.11. The third-order valence-corrected chi connectivity index (χ3v) is 3.05. The molecule has 2 nitrogen and oxygen atoms in total. The number of hydrogen-bond donors (Lipinski definition) is 1. The van der Waals surface area contributed by atoms with Crippen LogP contribution in [-0.2, 0) is 11.2 Å². The van der Waals surface area contributed by atoms with Crippen molar-refractivity contribution in [2.24, 2.45) is 0 Å². The highest BCUT2D eigenvalue weighted by atomic mass is 16.2. The number of nitrogens with one attached hydrogen (secondary N) is 1. The second kappa shape index (κ2) is 4.05. The number of anilines is 1. The number of amides is 1. The van der Waals surface area contributed by atoms with Crippen LogP contribution in [0.3, 0.4) is 0 Å². The fourth-order valence-corrected chi connectivity index (χ4v) is 2.17. The van der Waals surface area contributed by atoms with E-state index in [2.05, 4.69) is 31.3 Å². The van der Waals surface area contributed by atoms with Gasteiger partial charge in [-0.3, -0.25) is 4.79 Å². The maximum absolute atomic E-state index is 11.7. The zero-order valence-corrected chi connectivity index (χ0v) is 9.34. The lowest BCUT2D eigenvalue weighted by Gasteiger charge is -2.07. The van der Waals surface area contributed by atoms with E-state index in [1.807, 2.05) is 6.07 Å². The van der Waals surface area contributed by atoms with Crippen LogP contribution in [0.1, 0.15) is 43.7 Å². The van der Waals surface area contributed by atoms with Gasteiger partial charge in [-0.2, -0.15) is 0 Å². The monoisotopic (exact) mass is 203 g/mol. The zero-order chi connectivity index (χ0) is 10.8.